The summed E-state index contributed by atoms with van der Waals surface area (Å²) in [5.41, 5.74) is 1.60. The van der Waals surface area contributed by atoms with Crippen molar-refractivity contribution >= 4 is 5.97 Å². The zero-order chi connectivity index (χ0) is 20.1. The number of benzene rings is 1. The summed E-state index contributed by atoms with van der Waals surface area (Å²) in [6.45, 7) is 15.8. The zero-order valence-electron chi connectivity index (χ0n) is 17.5. The highest BCUT2D eigenvalue weighted by Gasteiger charge is 2.26. The first-order valence-corrected chi connectivity index (χ1v) is 9.14. The van der Waals surface area contributed by atoms with Crippen molar-refractivity contribution in [2.24, 2.45) is 0 Å². The first-order valence-electron chi connectivity index (χ1n) is 9.14. The van der Waals surface area contributed by atoms with E-state index in [1.807, 2.05) is 54.5 Å². The minimum atomic E-state index is -0.565. The fraction of sp³-hybridized carbons (Fsp3) is 0.667. The van der Waals surface area contributed by atoms with E-state index in [-0.39, 0.29) is 24.0 Å². The molecule has 0 saturated heterocycles. The van der Waals surface area contributed by atoms with Crippen LogP contribution in [0.2, 0.25) is 0 Å². The molecule has 1 aromatic rings. The minimum Gasteiger partial charge on any atom is -0.459 e. The van der Waals surface area contributed by atoms with Crippen LogP contribution in [0.3, 0.4) is 0 Å². The summed E-state index contributed by atoms with van der Waals surface area (Å²) in [7, 11) is 0. The van der Waals surface area contributed by atoms with Crippen molar-refractivity contribution in [2.45, 2.75) is 79.1 Å². The van der Waals surface area contributed by atoms with E-state index in [0.717, 1.165) is 11.1 Å². The molecule has 0 aliphatic heterocycles. The number of hydrogen-bond donors (Lipinski definition) is 1. The van der Waals surface area contributed by atoms with Gasteiger partial charge in [-0.25, -0.2) is 4.39 Å². The maximum absolute atomic E-state index is 13.9. The third-order valence-corrected chi connectivity index (χ3v) is 3.84. The molecule has 0 spiro atoms. The third kappa shape index (κ3) is 8.28. The van der Waals surface area contributed by atoms with Crippen LogP contribution in [0.25, 0.3) is 0 Å². The van der Waals surface area contributed by atoms with Gasteiger partial charge in [0.15, 0.2) is 0 Å². The molecule has 0 heterocycles. The largest absolute Gasteiger partial charge is 0.459 e. The maximum atomic E-state index is 13.9. The Morgan fingerprint density at radius 3 is 2.23 bits per heavy atom. The Kier molecular flexibility index (Phi) is 7.78. The van der Waals surface area contributed by atoms with Gasteiger partial charge in [0.25, 0.3) is 0 Å². The molecule has 0 radical (unpaired) electrons. The van der Waals surface area contributed by atoms with Crippen molar-refractivity contribution in [2.75, 3.05) is 13.2 Å². The lowest BCUT2D eigenvalue weighted by molar-refractivity contribution is -0.160. The molecule has 1 atom stereocenters. The van der Waals surface area contributed by atoms with Crippen molar-refractivity contribution in [3.8, 4) is 0 Å². The Morgan fingerprint density at radius 1 is 1.12 bits per heavy atom. The molecule has 1 rings (SSSR count). The zero-order valence-corrected chi connectivity index (χ0v) is 17.5. The van der Waals surface area contributed by atoms with Gasteiger partial charge in [0, 0.05) is 6.54 Å². The van der Waals surface area contributed by atoms with Crippen LogP contribution in [-0.2, 0) is 20.7 Å². The van der Waals surface area contributed by atoms with E-state index in [4.69, 9.17) is 9.47 Å². The Balaban J connectivity index is 2.71. The predicted octanol–water partition coefficient (Wildman–Crippen LogP) is 4.10. The Bertz CT molecular complexity index is 592. The molecular weight excluding hydrogens is 333 g/mol. The fourth-order valence-electron chi connectivity index (χ4n) is 2.34. The molecule has 5 heteroatoms. The van der Waals surface area contributed by atoms with Crippen molar-refractivity contribution in [3.63, 3.8) is 0 Å². The first-order chi connectivity index (χ1) is 11.8. The van der Waals surface area contributed by atoms with E-state index < -0.39 is 11.6 Å². The molecule has 0 bridgehead atoms. The molecule has 0 aliphatic rings. The van der Waals surface area contributed by atoms with E-state index in [1.54, 1.807) is 13.0 Å². The number of hydrogen-bond acceptors (Lipinski definition) is 4. The lowest BCUT2D eigenvalue weighted by atomic mass is 10.0. The van der Waals surface area contributed by atoms with Gasteiger partial charge in [-0.1, -0.05) is 6.07 Å². The maximum Gasteiger partial charge on any atom is 0.326 e. The van der Waals surface area contributed by atoms with Crippen LogP contribution >= 0.6 is 0 Å². The van der Waals surface area contributed by atoms with Crippen LogP contribution in [0.4, 0.5) is 4.39 Å². The Morgan fingerprint density at radius 2 is 1.73 bits per heavy atom. The summed E-state index contributed by atoms with van der Waals surface area (Å²) in [6.07, 6.45) is 0.618. The van der Waals surface area contributed by atoms with Gasteiger partial charge < -0.3 is 14.8 Å². The van der Waals surface area contributed by atoms with E-state index in [1.165, 1.54) is 0 Å². The first kappa shape index (κ1) is 22.6. The normalized spacial score (nSPS) is 13.6. The van der Waals surface area contributed by atoms with Crippen molar-refractivity contribution in [1.82, 2.24) is 5.32 Å². The van der Waals surface area contributed by atoms with Crippen molar-refractivity contribution in [1.29, 1.82) is 0 Å². The van der Waals surface area contributed by atoms with E-state index >= 15 is 0 Å². The standard InChI is InChI=1S/C21H34FNO3/c1-14-11-16(12-17(22)15(14)2)9-10-23-18(13-25-20(3,4)5)19(24)26-21(6,7)8/h11-12,18,23H,9-10,13H2,1-8H3/t18-/m0/s1. The number of carbonyl (C=O) groups excluding carboxylic acids is 1. The van der Waals surface area contributed by atoms with Gasteiger partial charge in [-0.2, -0.15) is 0 Å². The molecule has 0 saturated carbocycles. The molecule has 26 heavy (non-hydrogen) atoms. The van der Waals surface area contributed by atoms with Crippen molar-refractivity contribution < 1.29 is 18.7 Å². The summed E-state index contributed by atoms with van der Waals surface area (Å²) in [4.78, 5) is 12.4. The third-order valence-electron chi connectivity index (χ3n) is 3.84. The molecule has 1 aromatic carbocycles. The molecule has 148 valence electrons. The molecule has 4 nitrogen and oxygen atoms in total. The van der Waals surface area contributed by atoms with Crippen LogP contribution in [-0.4, -0.2) is 36.4 Å². The van der Waals surface area contributed by atoms with Gasteiger partial charge in [0.1, 0.15) is 17.5 Å². The molecule has 0 unspecified atom stereocenters. The average molecular weight is 368 g/mol. The average Bonchev–Trinajstić information content (AvgIpc) is 2.45. The number of carbonyl (C=O) groups is 1. The van der Waals surface area contributed by atoms with Gasteiger partial charge >= 0.3 is 5.97 Å². The summed E-state index contributed by atoms with van der Waals surface area (Å²) in [6, 6.07) is 2.97. The topological polar surface area (TPSA) is 47.6 Å². The highest BCUT2D eigenvalue weighted by atomic mass is 19.1. The Labute approximate surface area is 157 Å². The second-order valence-electron chi connectivity index (χ2n) is 8.73. The summed E-state index contributed by atoms with van der Waals surface area (Å²) < 4.78 is 25.1. The summed E-state index contributed by atoms with van der Waals surface area (Å²) in [5.74, 6) is -0.534. The molecule has 1 N–H and O–H groups in total. The number of halogens is 1. The van der Waals surface area contributed by atoms with Gasteiger partial charge in [0.2, 0.25) is 0 Å². The fourth-order valence-corrected chi connectivity index (χ4v) is 2.34. The lowest BCUT2D eigenvalue weighted by Gasteiger charge is -2.27. The van der Waals surface area contributed by atoms with Crippen LogP contribution in [0.5, 0.6) is 0 Å². The molecular formula is C21H34FNO3. The number of esters is 1. The van der Waals surface area contributed by atoms with Gasteiger partial charge in [-0.15, -0.1) is 0 Å². The molecule has 0 amide bonds. The van der Waals surface area contributed by atoms with E-state index in [9.17, 15) is 9.18 Å². The van der Waals surface area contributed by atoms with Crippen LogP contribution in [0.15, 0.2) is 12.1 Å². The van der Waals surface area contributed by atoms with Crippen LogP contribution < -0.4 is 5.32 Å². The van der Waals surface area contributed by atoms with Gasteiger partial charge in [0.05, 0.1) is 12.2 Å². The minimum absolute atomic E-state index is 0.195. The van der Waals surface area contributed by atoms with Crippen LogP contribution in [0.1, 0.15) is 58.2 Å². The molecule has 0 aromatic heterocycles. The summed E-state index contributed by atoms with van der Waals surface area (Å²) >= 11 is 0. The second kappa shape index (κ2) is 8.96. The number of aryl methyl sites for hydroxylation is 1. The smallest absolute Gasteiger partial charge is 0.326 e. The highest BCUT2D eigenvalue weighted by molar-refractivity contribution is 5.76. The van der Waals surface area contributed by atoms with Gasteiger partial charge in [-0.3, -0.25) is 4.79 Å². The second-order valence-corrected chi connectivity index (χ2v) is 8.73. The lowest BCUT2D eigenvalue weighted by Crippen LogP contribution is -2.46. The highest BCUT2D eigenvalue weighted by Crippen LogP contribution is 2.15. The quantitative estimate of drug-likeness (QED) is 0.737. The Hall–Kier alpha value is -1.46. The van der Waals surface area contributed by atoms with Crippen LogP contribution in [0, 0.1) is 19.7 Å². The van der Waals surface area contributed by atoms with E-state index in [0.29, 0.717) is 18.5 Å². The van der Waals surface area contributed by atoms with Gasteiger partial charge in [-0.05, 0) is 84.6 Å². The van der Waals surface area contributed by atoms with Crippen molar-refractivity contribution in [3.05, 3.63) is 34.6 Å². The SMILES string of the molecule is Cc1cc(CCN[C@@H](COC(C)(C)C)C(=O)OC(C)(C)C)cc(F)c1C. The predicted molar refractivity (Wildman–Crippen MR) is 103 cm³/mol. The molecule has 0 fully saturated rings. The number of ether oxygens (including phenoxy) is 2. The van der Waals surface area contributed by atoms with E-state index in [2.05, 4.69) is 5.32 Å². The number of rotatable bonds is 7. The number of nitrogens with one attached hydrogen (secondary N) is 1. The molecule has 0 aliphatic carbocycles. The monoisotopic (exact) mass is 367 g/mol. The summed E-state index contributed by atoms with van der Waals surface area (Å²) in [5, 5.41) is 3.19.